The first-order valence-corrected chi connectivity index (χ1v) is 10.6. The third-order valence-electron chi connectivity index (χ3n) is 4.87. The fourth-order valence-electron chi connectivity index (χ4n) is 3.02. The lowest BCUT2D eigenvalue weighted by molar-refractivity contribution is 0.602. The highest BCUT2D eigenvalue weighted by Gasteiger charge is 2.43. The first-order chi connectivity index (χ1) is 12.4. The van der Waals surface area contributed by atoms with Gasteiger partial charge in [0.05, 0.1) is 4.90 Å². The van der Waals surface area contributed by atoms with Crippen LogP contribution in [0.3, 0.4) is 0 Å². The molecule has 0 aliphatic heterocycles. The van der Waals surface area contributed by atoms with Crippen molar-refractivity contribution < 1.29 is 8.42 Å². The van der Waals surface area contributed by atoms with E-state index in [-0.39, 0.29) is 29.4 Å². The van der Waals surface area contributed by atoms with Crippen LogP contribution in [0.15, 0.2) is 64.5 Å². The summed E-state index contributed by atoms with van der Waals surface area (Å²) < 4.78 is 23.0. The molecule has 3 rings (SSSR count). The minimum Gasteiger partial charge on any atom is -0.356 e. The number of sulfone groups is 1. The quantitative estimate of drug-likeness (QED) is 0.364. The van der Waals surface area contributed by atoms with Crippen LogP contribution in [0.4, 0.5) is 0 Å². The molecule has 1 aliphatic rings. The van der Waals surface area contributed by atoms with Crippen molar-refractivity contribution in [3.05, 3.63) is 65.7 Å². The number of hydrogen-bond donors (Lipinski definition) is 2. The highest BCUT2D eigenvalue weighted by molar-refractivity contribution is 14.0. The van der Waals surface area contributed by atoms with Gasteiger partial charge in [0.2, 0.25) is 0 Å². The largest absolute Gasteiger partial charge is 0.356 e. The van der Waals surface area contributed by atoms with E-state index in [0.29, 0.717) is 11.4 Å². The van der Waals surface area contributed by atoms with Gasteiger partial charge in [-0.1, -0.05) is 42.5 Å². The minimum atomic E-state index is -3.16. The average Bonchev–Trinajstić information content (AvgIpc) is 3.43. The molecule has 0 bridgehead atoms. The van der Waals surface area contributed by atoms with Crippen LogP contribution in [0.1, 0.15) is 24.0 Å². The number of halogens is 1. The molecule has 146 valence electrons. The molecule has 27 heavy (non-hydrogen) atoms. The molecule has 0 unspecified atom stereocenters. The van der Waals surface area contributed by atoms with Gasteiger partial charge in [-0.15, -0.1) is 24.0 Å². The molecule has 0 saturated heterocycles. The number of aliphatic imine (C=N–C) groups is 1. The van der Waals surface area contributed by atoms with Crippen LogP contribution >= 0.6 is 24.0 Å². The number of guanidine groups is 1. The standard InChI is InChI=1S/C20H25N3O2S.HI/c1-21-19(22-14-16-8-10-18(11-9-16)26(2,24)25)23-15-20(12-13-20)17-6-4-3-5-7-17;/h3-11H,12-15H2,1-2H3,(H2,21,22,23);1H. The van der Waals surface area contributed by atoms with E-state index in [1.54, 1.807) is 19.2 Å². The van der Waals surface area contributed by atoms with Crippen molar-refractivity contribution in [2.24, 2.45) is 4.99 Å². The van der Waals surface area contributed by atoms with Gasteiger partial charge in [-0.3, -0.25) is 4.99 Å². The molecule has 1 aliphatic carbocycles. The molecule has 2 aromatic rings. The van der Waals surface area contributed by atoms with Crippen molar-refractivity contribution in [3.63, 3.8) is 0 Å². The monoisotopic (exact) mass is 499 g/mol. The van der Waals surface area contributed by atoms with E-state index in [1.165, 1.54) is 24.7 Å². The van der Waals surface area contributed by atoms with E-state index in [0.717, 1.165) is 18.1 Å². The van der Waals surface area contributed by atoms with E-state index < -0.39 is 9.84 Å². The molecular formula is C20H26IN3O2S. The summed E-state index contributed by atoms with van der Waals surface area (Å²) in [6.45, 7) is 1.44. The van der Waals surface area contributed by atoms with Gasteiger partial charge in [-0.25, -0.2) is 8.42 Å². The molecule has 5 nitrogen and oxygen atoms in total. The molecule has 0 heterocycles. The van der Waals surface area contributed by atoms with E-state index >= 15 is 0 Å². The second-order valence-corrected chi connectivity index (χ2v) is 8.86. The Kier molecular flexibility index (Phi) is 7.27. The molecule has 0 spiro atoms. The SMILES string of the molecule is CN=C(NCc1ccc(S(C)(=O)=O)cc1)NCC1(c2ccccc2)CC1.I. The number of hydrogen-bond acceptors (Lipinski definition) is 3. The van der Waals surface area contributed by atoms with Gasteiger partial charge in [0.25, 0.3) is 0 Å². The maximum atomic E-state index is 11.5. The van der Waals surface area contributed by atoms with E-state index in [4.69, 9.17) is 0 Å². The topological polar surface area (TPSA) is 70.6 Å². The zero-order valence-electron chi connectivity index (χ0n) is 15.6. The Labute approximate surface area is 178 Å². The summed E-state index contributed by atoms with van der Waals surface area (Å²) in [7, 11) is -1.40. The van der Waals surface area contributed by atoms with Crippen molar-refractivity contribution in [1.29, 1.82) is 0 Å². The Morgan fingerprint density at radius 2 is 1.67 bits per heavy atom. The van der Waals surface area contributed by atoms with E-state index in [1.807, 2.05) is 18.2 Å². The third kappa shape index (κ3) is 5.68. The molecule has 0 aromatic heterocycles. The van der Waals surface area contributed by atoms with Gasteiger partial charge >= 0.3 is 0 Å². The van der Waals surface area contributed by atoms with Crippen molar-refractivity contribution >= 4 is 39.8 Å². The van der Waals surface area contributed by atoms with E-state index in [9.17, 15) is 8.42 Å². The summed E-state index contributed by atoms with van der Waals surface area (Å²) >= 11 is 0. The zero-order valence-corrected chi connectivity index (χ0v) is 18.8. The van der Waals surface area contributed by atoms with Crippen LogP contribution in [0.2, 0.25) is 0 Å². The lowest BCUT2D eigenvalue weighted by atomic mass is 9.96. The first-order valence-electron chi connectivity index (χ1n) is 8.72. The van der Waals surface area contributed by atoms with Crippen LogP contribution in [-0.2, 0) is 21.8 Å². The Morgan fingerprint density at radius 3 is 2.19 bits per heavy atom. The van der Waals surface area contributed by atoms with Gasteiger partial charge in [0.1, 0.15) is 0 Å². The van der Waals surface area contributed by atoms with Crippen LogP contribution in [-0.4, -0.2) is 34.2 Å². The summed E-state index contributed by atoms with van der Waals surface area (Å²) in [4.78, 5) is 4.62. The summed E-state index contributed by atoms with van der Waals surface area (Å²) in [6.07, 6.45) is 3.59. The highest BCUT2D eigenvalue weighted by Crippen LogP contribution is 2.47. The van der Waals surface area contributed by atoms with Crippen LogP contribution in [0, 0.1) is 0 Å². The summed E-state index contributed by atoms with van der Waals surface area (Å²) in [6, 6.07) is 17.5. The molecular weight excluding hydrogens is 473 g/mol. The lowest BCUT2D eigenvalue weighted by Crippen LogP contribution is -2.40. The molecule has 0 amide bonds. The minimum absolute atomic E-state index is 0. The zero-order chi connectivity index (χ0) is 18.6. The lowest BCUT2D eigenvalue weighted by Gasteiger charge is -2.19. The summed E-state index contributed by atoms with van der Waals surface area (Å²) in [5.41, 5.74) is 2.60. The second kappa shape index (κ2) is 9.05. The molecule has 2 aromatic carbocycles. The number of nitrogens with one attached hydrogen (secondary N) is 2. The Bertz CT molecular complexity index is 877. The predicted octanol–water partition coefficient (Wildman–Crippen LogP) is 3.10. The van der Waals surface area contributed by atoms with E-state index in [2.05, 4.69) is 39.9 Å². The molecule has 0 radical (unpaired) electrons. The summed E-state index contributed by atoms with van der Waals surface area (Å²) in [5, 5.41) is 6.70. The Hall–Kier alpha value is -1.61. The Morgan fingerprint density at radius 1 is 1.04 bits per heavy atom. The van der Waals surface area contributed by atoms with Crippen molar-refractivity contribution in [3.8, 4) is 0 Å². The second-order valence-electron chi connectivity index (χ2n) is 6.84. The molecule has 7 heteroatoms. The molecule has 1 fully saturated rings. The number of rotatable bonds is 6. The highest BCUT2D eigenvalue weighted by atomic mass is 127. The smallest absolute Gasteiger partial charge is 0.191 e. The fourth-order valence-corrected chi connectivity index (χ4v) is 3.65. The van der Waals surface area contributed by atoms with Gasteiger partial charge in [-0.05, 0) is 36.1 Å². The van der Waals surface area contributed by atoms with Crippen molar-refractivity contribution in [2.45, 2.75) is 29.7 Å². The average molecular weight is 499 g/mol. The normalized spacial score (nSPS) is 15.6. The van der Waals surface area contributed by atoms with Gasteiger partial charge in [0, 0.05) is 31.8 Å². The van der Waals surface area contributed by atoms with Gasteiger partial charge in [0.15, 0.2) is 15.8 Å². The van der Waals surface area contributed by atoms with Crippen LogP contribution in [0.5, 0.6) is 0 Å². The molecule has 0 atom stereocenters. The van der Waals surface area contributed by atoms with Crippen LogP contribution < -0.4 is 10.6 Å². The van der Waals surface area contributed by atoms with Crippen molar-refractivity contribution in [1.82, 2.24) is 10.6 Å². The van der Waals surface area contributed by atoms with Gasteiger partial charge < -0.3 is 10.6 Å². The molecule has 2 N–H and O–H groups in total. The maximum absolute atomic E-state index is 11.5. The first kappa shape index (κ1) is 21.7. The maximum Gasteiger partial charge on any atom is 0.191 e. The van der Waals surface area contributed by atoms with Crippen molar-refractivity contribution in [2.75, 3.05) is 19.8 Å². The molecule has 1 saturated carbocycles. The summed E-state index contributed by atoms with van der Waals surface area (Å²) in [5.74, 6) is 0.749. The fraction of sp³-hybridized carbons (Fsp3) is 0.350. The number of nitrogens with zero attached hydrogens (tertiary/aromatic N) is 1. The Balaban J connectivity index is 0.00000261. The number of benzene rings is 2. The third-order valence-corrected chi connectivity index (χ3v) is 6.00. The van der Waals surface area contributed by atoms with Crippen LogP contribution in [0.25, 0.3) is 0 Å². The predicted molar refractivity (Wildman–Crippen MR) is 121 cm³/mol. The van der Waals surface area contributed by atoms with Gasteiger partial charge in [-0.2, -0.15) is 0 Å².